The van der Waals surface area contributed by atoms with Crippen LogP contribution in [0.3, 0.4) is 0 Å². The lowest BCUT2D eigenvalue weighted by Crippen LogP contribution is -2.19. The predicted molar refractivity (Wildman–Crippen MR) is 72.7 cm³/mol. The van der Waals surface area contributed by atoms with Crippen molar-refractivity contribution in [2.45, 2.75) is 0 Å². The van der Waals surface area contributed by atoms with E-state index in [2.05, 4.69) is 15.5 Å². The van der Waals surface area contributed by atoms with E-state index in [4.69, 9.17) is 9.47 Å². The highest BCUT2D eigenvalue weighted by molar-refractivity contribution is 5.91. The first-order valence-electron chi connectivity index (χ1n) is 6.13. The molecule has 0 saturated carbocycles. The fourth-order valence-electron chi connectivity index (χ4n) is 1.53. The number of nitrogens with one attached hydrogen (secondary N) is 1. The van der Waals surface area contributed by atoms with Crippen LogP contribution in [0.1, 0.15) is 0 Å². The number of methoxy groups -OCH3 is 1. The Hall–Kier alpha value is -2.25. The van der Waals surface area contributed by atoms with Gasteiger partial charge in [0, 0.05) is 12.8 Å². The van der Waals surface area contributed by atoms with Gasteiger partial charge in [-0.05, 0) is 24.3 Å². The Morgan fingerprint density at radius 3 is 2.55 bits per heavy atom. The van der Waals surface area contributed by atoms with Crippen molar-refractivity contribution < 1.29 is 14.3 Å². The smallest absolute Gasteiger partial charge is 0.250 e. The molecule has 0 spiro atoms. The first-order valence-corrected chi connectivity index (χ1v) is 6.13. The SMILES string of the molecule is COCCOCC(=O)Nc1ccc(-n2nccn2)cc1. The van der Waals surface area contributed by atoms with Crippen molar-refractivity contribution in [1.29, 1.82) is 0 Å². The van der Waals surface area contributed by atoms with Gasteiger partial charge in [-0.25, -0.2) is 0 Å². The third-order valence-corrected chi connectivity index (χ3v) is 2.47. The number of carbonyl (C=O) groups is 1. The number of ether oxygens (including phenoxy) is 2. The molecule has 0 unspecified atom stereocenters. The highest BCUT2D eigenvalue weighted by atomic mass is 16.5. The number of nitrogens with zero attached hydrogens (tertiary/aromatic N) is 3. The van der Waals surface area contributed by atoms with Crippen LogP contribution in [0.25, 0.3) is 5.69 Å². The lowest BCUT2D eigenvalue weighted by atomic mass is 10.3. The van der Waals surface area contributed by atoms with Gasteiger partial charge in [-0.15, -0.1) is 0 Å². The molecule has 0 aliphatic rings. The third kappa shape index (κ3) is 4.15. The summed E-state index contributed by atoms with van der Waals surface area (Å²) < 4.78 is 9.95. The maximum atomic E-state index is 11.6. The van der Waals surface area contributed by atoms with Crippen LogP contribution in [-0.4, -0.2) is 47.8 Å². The van der Waals surface area contributed by atoms with Crippen molar-refractivity contribution in [2.24, 2.45) is 0 Å². The minimum absolute atomic E-state index is 0.00578. The maximum absolute atomic E-state index is 11.6. The quantitative estimate of drug-likeness (QED) is 0.759. The van der Waals surface area contributed by atoms with Crippen molar-refractivity contribution in [3.05, 3.63) is 36.7 Å². The molecule has 1 amide bonds. The first-order chi connectivity index (χ1) is 9.79. The third-order valence-electron chi connectivity index (χ3n) is 2.47. The molecular formula is C13H16N4O3. The zero-order valence-corrected chi connectivity index (χ0v) is 11.2. The molecule has 2 aromatic rings. The standard InChI is InChI=1S/C13H16N4O3/c1-19-8-9-20-10-13(18)16-11-2-4-12(5-3-11)17-14-6-7-15-17/h2-7H,8-10H2,1H3,(H,16,18). The van der Waals surface area contributed by atoms with Crippen LogP contribution >= 0.6 is 0 Å². The van der Waals surface area contributed by atoms with Gasteiger partial charge >= 0.3 is 0 Å². The molecule has 0 saturated heterocycles. The van der Waals surface area contributed by atoms with Gasteiger partial charge in [0.25, 0.3) is 0 Å². The predicted octanol–water partition coefficient (Wildman–Crippen LogP) is 0.869. The van der Waals surface area contributed by atoms with E-state index >= 15 is 0 Å². The lowest BCUT2D eigenvalue weighted by molar-refractivity contribution is -0.121. The molecule has 0 fully saturated rings. The average molecular weight is 276 g/mol. The van der Waals surface area contributed by atoms with Crippen LogP contribution in [0.4, 0.5) is 5.69 Å². The second-order valence-corrected chi connectivity index (χ2v) is 3.96. The molecule has 0 bridgehead atoms. The summed E-state index contributed by atoms with van der Waals surface area (Å²) in [5.74, 6) is -0.203. The number of carbonyl (C=O) groups excluding carboxylic acids is 1. The summed E-state index contributed by atoms with van der Waals surface area (Å²) in [6.07, 6.45) is 3.21. The number of anilines is 1. The summed E-state index contributed by atoms with van der Waals surface area (Å²) >= 11 is 0. The second-order valence-electron chi connectivity index (χ2n) is 3.96. The van der Waals surface area contributed by atoms with E-state index in [-0.39, 0.29) is 12.5 Å². The van der Waals surface area contributed by atoms with Crippen LogP contribution in [0.15, 0.2) is 36.7 Å². The summed E-state index contributed by atoms with van der Waals surface area (Å²) in [5, 5.41) is 10.8. The molecule has 106 valence electrons. The van der Waals surface area contributed by atoms with E-state index in [1.54, 1.807) is 31.6 Å². The van der Waals surface area contributed by atoms with Crippen LogP contribution in [0, 0.1) is 0 Å². The number of benzene rings is 1. The zero-order valence-electron chi connectivity index (χ0n) is 11.2. The largest absolute Gasteiger partial charge is 0.382 e. The fourth-order valence-corrected chi connectivity index (χ4v) is 1.53. The van der Waals surface area contributed by atoms with E-state index in [1.807, 2.05) is 12.1 Å². The van der Waals surface area contributed by atoms with Crippen LogP contribution < -0.4 is 5.32 Å². The number of aromatic nitrogens is 3. The first kappa shape index (κ1) is 14.2. The molecule has 2 rings (SSSR count). The molecule has 7 heteroatoms. The summed E-state index contributed by atoms with van der Waals surface area (Å²) in [7, 11) is 1.58. The van der Waals surface area contributed by atoms with E-state index < -0.39 is 0 Å². The Balaban J connectivity index is 1.83. The molecule has 1 aromatic heterocycles. The van der Waals surface area contributed by atoms with Crippen molar-refractivity contribution in [2.75, 3.05) is 32.2 Å². The Morgan fingerprint density at radius 2 is 1.90 bits per heavy atom. The van der Waals surface area contributed by atoms with Gasteiger partial charge in [0.1, 0.15) is 6.61 Å². The molecule has 0 aliphatic carbocycles. The summed E-state index contributed by atoms with van der Waals surface area (Å²) in [6.45, 7) is 0.874. The number of hydrogen-bond donors (Lipinski definition) is 1. The van der Waals surface area contributed by atoms with Crippen LogP contribution in [0.5, 0.6) is 0 Å². The molecule has 1 aromatic carbocycles. The Kier molecular flexibility index (Phi) is 5.22. The van der Waals surface area contributed by atoms with Crippen LogP contribution in [-0.2, 0) is 14.3 Å². The minimum atomic E-state index is -0.203. The lowest BCUT2D eigenvalue weighted by Gasteiger charge is -2.07. The number of amides is 1. The monoisotopic (exact) mass is 276 g/mol. The minimum Gasteiger partial charge on any atom is -0.382 e. The van der Waals surface area contributed by atoms with Gasteiger partial charge in [0.05, 0.1) is 31.3 Å². The molecule has 0 atom stereocenters. The van der Waals surface area contributed by atoms with Gasteiger partial charge in [0.2, 0.25) is 5.91 Å². The highest BCUT2D eigenvalue weighted by Crippen LogP contribution is 2.11. The van der Waals surface area contributed by atoms with Gasteiger partial charge in [0.15, 0.2) is 0 Å². The maximum Gasteiger partial charge on any atom is 0.250 e. The number of hydrogen-bond acceptors (Lipinski definition) is 5. The Labute approximate surface area is 116 Å². The zero-order chi connectivity index (χ0) is 14.2. The van der Waals surface area contributed by atoms with Crippen molar-refractivity contribution in [1.82, 2.24) is 15.0 Å². The molecule has 0 radical (unpaired) electrons. The van der Waals surface area contributed by atoms with Crippen molar-refractivity contribution >= 4 is 11.6 Å². The Morgan fingerprint density at radius 1 is 1.20 bits per heavy atom. The summed E-state index contributed by atoms with van der Waals surface area (Å²) in [6, 6.07) is 7.21. The summed E-state index contributed by atoms with van der Waals surface area (Å²) in [5.41, 5.74) is 1.52. The average Bonchev–Trinajstić information content (AvgIpc) is 2.99. The highest BCUT2D eigenvalue weighted by Gasteiger charge is 2.03. The summed E-state index contributed by atoms with van der Waals surface area (Å²) in [4.78, 5) is 13.1. The fraction of sp³-hybridized carbons (Fsp3) is 0.308. The van der Waals surface area contributed by atoms with Gasteiger partial charge in [-0.1, -0.05) is 0 Å². The van der Waals surface area contributed by atoms with E-state index in [1.165, 1.54) is 4.80 Å². The van der Waals surface area contributed by atoms with Crippen molar-refractivity contribution in [3.63, 3.8) is 0 Å². The molecule has 20 heavy (non-hydrogen) atoms. The van der Waals surface area contributed by atoms with Gasteiger partial charge in [-0.2, -0.15) is 15.0 Å². The normalized spacial score (nSPS) is 10.4. The topological polar surface area (TPSA) is 78.3 Å². The molecule has 7 nitrogen and oxygen atoms in total. The second kappa shape index (κ2) is 7.37. The van der Waals surface area contributed by atoms with Gasteiger partial charge in [-0.3, -0.25) is 4.79 Å². The van der Waals surface area contributed by atoms with E-state index in [0.29, 0.717) is 18.9 Å². The van der Waals surface area contributed by atoms with E-state index in [9.17, 15) is 4.79 Å². The van der Waals surface area contributed by atoms with Crippen LogP contribution in [0.2, 0.25) is 0 Å². The molecule has 1 N–H and O–H groups in total. The molecule has 0 aliphatic heterocycles. The van der Waals surface area contributed by atoms with Gasteiger partial charge < -0.3 is 14.8 Å². The molecule has 1 heterocycles. The number of rotatable bonds is 7. The molecular weight excluding hydrogens is 260 g/mol. The Bertz CT molecular complexity index is 525. The van der Waals surface area contributed by atoms with Crippen molar-refractivity contribution in [3.8, 4) is 5.69 Å². The van der Waals surface area contributed by atoms with E-state index in [0.717, 1.165) is 5.69 Å².